The lowest BCUT2D eigenvalue weighted by Gasteiger charge is -2.30. The van der Waals surface area contributed by atoms with Crippen LogP contribution in [0.1, 0.15) is 25.7 Å². The molecule has 0 spiro atoms. The van der Waals surface area contributed by atoms with Crippen molar-refractivity contribution in [3.05, 3.63) is 43.0 Å². The van der Waals surface area contributed by atoms with Crippen LogP contribution >= 0.6 is 0 Å². The lowest BCUT2D eigenvalue weighted by molar-refractivity contribution is 0.0669. The first kappa shape index (κ1) is 13.2. The third-order valence-electron chi connectivity index (χ3n) is 4.01. The van der Waals surface area contributed by atoms with E-state index >= 15 is 0 Å². The Labute approximate surface area is 119 Å². The minimum absolute atomic E-state index is 0.390. The van der Waals surface area contributed by atoms with E-state index in [4.69, 9.17) is 4.74 Å². The van der Waals surface area contributed by atoms with E-state index in [1.165, 1.54) is 19.3 Å². The molecule has 3 rings (SSSR count). The quantitative estimate of drug-likeness (QED) is 0.928. The number of aromatic nitrogens is 2. The molecule has 0 saturated heterocycles. The molecule has 20 heavy (non-hydrogen) atoms. The van der Waals surface area contributed by atoms with Gasteiger partial charge in [-0.25, -0.2) is 4.98 Å². The normalized spacial score (nSPS) is 22.6. The lowest BCUT2D eigenvalue weighted by Crippen LogP contribution is -2.31. The molecule has 4 nitrogen and oxygen atoms in total. The van der Waals surface area contributed by atoms with Crippen LogP contribution < -0.4 is 5.32 Å². The molecule has 106 valence electrons. The van der Waals surface area contributed by atoms with Gasteiger partial charge in [0.1, 0.15) is 0 Å². The molecule has 0 aliphatic heterocycles. The number of imidazole rings is 1. The maximum absolute atomic E-state index is 5.51. The molecule has 1 fully saturated rings. The van der Waals surface area contributed by atoms with Crippen LogP contribution in [0.25, 0.3) is 5.69 Å². The molecular weight excluding hydrogens is 250 g/mol. The Kier molecular flexibility index (Phi) is 4.02. The second kappa shape index (κ2) is 6.09. The largest absolute Gasteiger partial charge is 0.381 e. The molecule has 4 heteroatoms. The Balaban J connectivity index is 1.77. The number of nitrogens with zero attached hydrogens (tertiary/aromatic N) is 2. The SMILES string of the molecule is COC1CCCC(Nc2ccccc2-n2ccnc2)C1. The van der Waals surface area contributed by atoms with Crippen molar-refractivity contribution in [1.29, 1.82) is 0 Å². The summed E-state index contributed by atoms with van der Waals surface area (Å²) in [6, 6.07) is 8.85. The minimum Gasteiger partial charge on any atom is -0.381 e. The number of rotatable bonds is 4. The third kappa shape index (κ3) is 2.85. The lowest BCUT2D eigenvalue weighted by atomic mass is 9.92. The van der Waals surface area contributed by atoms with Crippen molar-refractivity contribution in [1.82, 2.24) is 9.55 Å². The van der Waals surface area contributed by atoms with Crippen LogP contribution in [0.2, 0.25) is 0 Å². The molecule has 0 radical (unpaired) electrons. The maximum Gasteiger partial charge on any atom is 0.0992 e. The Hall–Kier alpha value is -1.81. The van der Waals surface area contributed by atoms with Crippen LogP contribution in [-0.2, 0) is 4.74 Å². The second-order valence-corrected chi connectivity index (χ2v) is 5.35. The van der Waals surface area contributed by atoms with Gasteiger partial charge >= 0.3 is 0 Å². The van der Waals surface area contributed by atoms with Crippen LogP contribution in [0.3, 0.4) is 0 Å². The average Bonchev–Trinajstić information content (AvgIpc) is 3.02. The number of nitrogens with one attached hydrogen (secondary N) is 1. The van der Waals surface area contributed by atoms with Crippen LogP contribution in [0.4, 0.5) is 5.69 Å². The fourth-order valence-electron chi connectivity index (χ4n) is 2.93. The summed E-state index contributed by atoms with van der Waals surface area (Å²) >= 11 is 0. The highest BCUT2D eigenvalue weighted by atomic mass is 16.5. The van der Waals surface area contributed by atoms with Crippen LogP contribution in [-0.4, -0.2) is 28.8 Å². The van der Waals surface area contributed by atoms with Gasteiger partial charge in [-0.2, -0.15) is 0 Å². The van der Waals surface area contributed by atoms with Gasteiger partial charge in [0.05, 0.1) is 23.8 Å². The van der Waals surface area contributed by atoms with Gasteiger partial charge in [0, 0.05) is 25.5 Å². The zero-order valence-electron chi connectivity index (χ0n) is 11.8. The molecule has 1 heterocycles. The van der Waals surface area contributed by atoms with E-state index in [0.29, 0.717) is 12.1 Å². The number of ether oxygens (including phenoxy) is 1. The highest BCUT2D eigenvalue weighted by Gasteiger charge is 2.22. The van der Waals surface area contributed by atoms with Gasteiger partial charge in [0.25, 0.3) is 0 Å². The standard InChI is InChI=1S/C16H21N3O/c1-20-14-6-4-5-13(11-14)18-15-7-2-3-8-16(15)19-10-9-17-12-19/h2-3,7-10,12-14,18H,4-6,11H2,1H3. The van der Waals surface area contributed by atoms with Gasteiger partial charge in [-0.15, -0.1) is 0 Å². The molecule has 1 aromatic heterocycles. The van der Waals surface area contributed by atoms with E-state index in [1.807, 2.05) is 24.2 Å². The van der Waals surface area contributed by atoms with Gasteiger partial charge in [0.2, 0.25) is 0 Å². The summed E-state index contributed by atoms with van der Waals surface area (Å²) in [6.07, 6.45) is 10.7. The summed E-state index contributed by atoms with van der Waals surface area (Å²) in [5.41, 5.74) is 2.30. The molecule has 1 N–H and O–H groups in total. The predicted octanol–water partition coefficient (Wildman–Crippen LogP) is 3.24. The Morgan fingerprint density at radius 2 is 2.20 bits per heavy atom. The Morgan fingerprint density at radius 3 is 3.00 bits per heavy atom. The van der Waals surface area contributed by atoms with Gasteiger partial charge in [0.15, 0.2) is 0 Å². The minimum atomic E-state index is 0.390. The maximum atomic E-state index is 5.51. The molecule has 0 bridgehead atoms. The van der Waals surface area contributed by atoms with Gasteiger partial charge < -0.3 is 14.6 Å². The number of hydrogen-bond acceptors (Lipinski definition) is 3. The van der Waals surface area contributed by atoms with E-state index in [0.717, 1.165) is 17.8 Å². The smallest absolute Gasteiger partial charge is 0.0992 e. The molecule has 1 saturated carbocycles. The zero-order chi connectivity index (χ0) is 13.8. The monoisotopic (exact) mass is 271 g/mol. The van der Waals surface area contributed by atoms with E-state index < -0.39 is 0 Å². The Morgan fingerprint density at radius 1 is 1.30 bits per heavy atom. The summed E-state index contributed by atoms with van der Waals surface area (Å²) in [4.78, 5) is 4.13. The van der Waals surface area contributed by atoms with Crippen LogP contribution in [0, 0.1) is 0 Å². The van der Waals surface area contributed by atoms with Crippen molar-refractivity contribution in [2.45, 2.75) is 37.8 Å². The third-order valence-corrected chi connectivity index (χ3v) is 4.01. The van der Waals surface area contributed by atoms with E-state index in [-0.39, 0.29) is 0 Å². The van der Waals surface area contributed by atoms with Crippen molar-refractivity contribution in [3.8, 4) is 5.69 Å². The fourth-order valence-corrected chi connectivity index (χ4v) is 2.93. The first-order valence-electron chi connectivity index (χ1n) is 7.23. The van der Waals surface area contributed by atoms with Crippen molar-refractivity contribution in [2.24, 2.45) is 0 Å². The number of methoxy groups -OCH3 is 1. The fraction of sp³-hybridized carbons (Fsp3) is 0.438. The molecule has 0 amide bonds. The molecule has 2 aromatic rings. The second-order valence-electron chi connectivity index (χ2n) is 5.35. The highest BCUT2D eigenvalue weighted by molar-refractivity contribution is 5.61. The number of para-hydroxylation sites is 2. The highest BCUT2D eigenvalue weighted by Crippen LogP contribution is 2.26. The van der Waals surface area contributed by atoms with Gasteiger partial charge in [-0.05, 0) is 37.8 Å². The summed E-state index contributed by atoms with van der Waals surface area (Å²) in [5.74, 6) is 0. The summed E-state index contributed by atoms with van der Waals surface area (Å²) in [7, 11) is 1.81. The number of anilines is 1. The molecule has 1 aromatic carbocycles. The van der Waals surface area contributed by atoms with Gasteiger partial charge in [-0.3, -0.25) is 0 Å². The molecule has 1 aliphatic carbocycles. The van der Waals surface area contributed by atoms with Crippen LogP contribution in [0.5, 0.6) is 0 Å². The van der Waals surface area contributed by atoms with Crippen molar-refractivity contribution < 1.29 is 4.74 Å². The molecular formula is C16H21N3O. The number of benzene rings is 1. The summed E-state index contributed by atoms with van der Waals surface area (Å²) < 4.78 is 7.55. The summed E-state index contributed by atoms with van der Waals surface area (Å²) in [6.45, 7) is 0. The van der Waals surface area contributed by atoms with E-state index in [2.05, 4.69) is 34.6 Å². The average molecular weight is 271 g/mol. The first-order valence-corrected chi connectivity index (χ1v) is 7.23. The Bertz CT molecular complexity index is 538. The van der Waals surface area contributed by atoms with E-state index in [1.54, 1.807) is 6.20 Å². The predicted molar refractivity (Wildman–Crippen MR) is 80.2 cm³/mol. The van der Waals surface area contributed by atoms with Crippen LogP contribution in [0.15, 0.2) is 43.0 Å². The molecule has 2 atom stereocenters. The van der Waals surface area contributed by atoms with E-state index in [9.17, 15) is 0 Å². The van der Waals surface area contributed by atoms with Crippen molar-refractivity contribution in [2.75, 3.05) is 12.4 Å². The first-order chi connectivity index (χ1) is 9.86. The molecule has 1 aliphatic rings. The topological polar surface area (TPSA) is 39.1 Å². The molecule has 2 unspecified atom stereocenters. The number of hydrogen-bond donors (Lipinski definition) is 1. The summed E-state index contributed by atoms with van der Waals surface area (Å²) in [5, 5.41) is 3.67. The zero-order valence-corrected chi connectivity index (χ0v) is 11.8. The van der Waals surface area contributed by atoms with Crippen molar-refractivity contribution >= 4 is 5.69 Å². The van der Waals surface area contributed by atoms with Crippen molar-refractivity contribution in [3.63, 3.8) is 0 Å². The van der Waals surface area contributed by atoms with Gasteiger partial charge in [-0.1, -0.05) is 12.1 Å².